The van der Waals surface area contributed by atoms with Gasteiger partial charge in [0.1, 0.15) is 41.1 Å². The number of nitrogens with one attached hydrogen (secondary N) is 4. The third-order valence-electron chi connectivity index (χ3n) is 9.32. The van der Waals surface area contributed by atoms with Crippen molar-refractivity contribution in [2.45, 2.75) is 45.8 Å². The van der Waals surface area contributed by atoms with Gasteiger partial charge in [0.25, 0.3) is 11.8 Å². The summed E-state index contributed by atoms with van der Waals surface area (Å²) in [6.45, 7) is 8.01. The Labute approximate surface area is 349 Å². The molecule has 0 radical (unpaired) electrons. The third-order valence-corrected chi connectivity index (χ3v) is 9.55. The summed E-state index contributed by atoms with van der Waals surface area (Å²) in [6, 6.07) is 31.2. The molecule has 0 aliphatic carbocycles. The van der Waals surface area contributed by atoms with E-state index in [4.69, 9.17) is 39.4 Å². The number of carbonyl (C=O) groups excluding carboxylic acids is 2. The number of carbonyl (C=O) groups is 2. The van der Waals surface area contributed by atoms with Gasteiger partial charge in [-0.15, -0.1) is 0 Å². The molecule has 1 unspecified atom stereocenters. The Kier molecular flexibility index (Phi) is 14.4. The van der Waals surface area contributed by atoms with Crippen LogP contribution in [0.1, 0.15) is 53.0 Å². The molecule has 12 nitrogen and oxygen atoms in total. The molecule has 0 aliphatic rings. The minimum atomic E-state index is -0.405. The average Bonchev–Trinajstić information content (AvgIpc) is 3.93. The van der Waals surface area contributed by atoms with Crippen molar-refractivity contribution in [1.82, 2.24) is 10.6 Å². The lowest BCUT2D eigenvalue weighted by Crippen LogP contribution is -2.27. The second kappa shape index (κ2) is 20.0. The molecule has 308 valence electrons. The molecule has 6 rings (SSSR count). The molecule has 59 heavy (non-hydrogen) atoms. The van der Waals surface area contributed by atoms with Crippen LogP contribution in [0.25, 0.3) is 22.6 Å². The zero-order chi connectivity index (χ0) is 41.9. The SMILES string of the molecule is COc1cc(NC(=O)c2ccc(-c3ccc(CNC(C)Cc4cc(Cl)ccc4-c4ccc(C(=O)Nc5cc(OC)cc(OCCNC(C)C)c5)o4)cc3)o2)cc(OC)c1. The molecule has 0 saturated heterocycles. The molecule has 4 N–H and O–H groups in total. The highest BCUT2D eigenvalue weighted by Gasteiger charge is 2.18. The smallest absolute Gasteiger partial charge is 0.291 e. The molecule has 2 heterocycles. The van der Waals surface area contributed by atoms with Crippen molar-refractivity contribution in [2.24, 2.45) is 0 Å². The van der Waals surface area contributed by atoms with Crippen LogP contribution in [0.5, 0.6) is 23.0 Å². The van der Waals surface area contributed by atoms with Gasteiger partial charge in [0.05, 0.1) is 21.3 Å². The molecule has 2 amide bonds. The molecule has 13 heteroatoms. The lowest BCUT2D eigenvalue weighted by atomic mass is 9.99. The van der Waals surface area contributed by atoms with Crippen LogP contribution in [0.3, 0.4) is 0 Å². The maximum Gasteiger partial charge on any atom is 0.291 e. The Balaban J connectivity index is 1.04. The van der Waals surface area contributed by atoms with E-state index in [0.717, 1.165) is 22.3 Å². The second-order valence-corrected chi connectivity index (χ2v) is 14.6. The van der Waals surface area contributed by atoms with E-state index in [0.29, 0.717) is 83.1 Å². The monoisotopic (exact) mass is 820 g/mol. The molecule has 6 aromatic rings. The van der Waals surface area contributed by atoms with Crippen molar-refractivity contribution in [3.8, 4) is 45.6 Å². The quantitative estimate of drug-likeness (QED) is 0.0583. The summed E-state index contributed by atoms with van der Waals surface area (Å²) in [5, 5.41) is 13.2. The number of furan rings is 2. The lowest BCUT2D eigenvalue weighted by molar-refractivity contribution is 0.0990. The van der Waals surface area contributed by atoms with Gasteiger partial charge in [0.15, 0.2) is 11.5 Å². The van der Waals surface area contributed by atoms with Gasteiger partial charge in [-0.3, -0.25) is 9.59 Å². The summed E-state index contributed by atoms with van der Waals surface area (Å²) in [7, 11) is 4.66. The largest absolute Gasteiger partial charge is 0.497 e. The summed E-state index contributed by atoms with van der Waals surface area (Å²) in [4.78, 5) is 26.3. The lowest BCUT2D eigenvalue weighted by Gasteiger charge is -2.16. The van der Waals surface area contributed by atoms with Crippen LogP contribution in [-0.4, -0.2) is 58.4 Å². The van der Waals surface area contributed by atoms with Gasteiger partial charge in [-0.1, -0.05) is 49.7 Å². The van der Waals surface area contributed by atoms with Crippen LogP contribution < -0.4 is 40.2 Å². The number of hydrogen-bond donors (Lipinski definition) is 4. The van der Waals surface area contributed by atoms with E-state index >= 15 is 0 Å². The Bertz CT molecular complexity index is 2330. The molecule has 4 aromatic carbocycles. The minimum Gasteiger partial charge on any atom is -0.497 e. The Morgan fingerprint density at radius 2 is 1.20 bits per heavy atom. The fourth-order valence-corrected chi connectivity index (χ4v) is 6.49. The molecule has 0 fully saturated rings. The Morgan fingerprint density at radius 3 is 1.80 bits per heavy atom. The van der Waals surface area contributed by atoms with E-state index in [2.05, 4.69) is 42.0 Å². The Hall–Kier alpha value is -6.21. The van der Waals surface area contributed by atoms with Crippen LogP contribution in [0.4, 0.5) is 11.4 Å². The van der Waals surface area contributed by atoms with Crippen LogP contribution in [0.15, 0.2) is 112 Å². The predicted octanol–water partition coefficient (Wildman–Crippen LogP) is 9.49. The number of benzene rings is 4. The number of amides is 2. The highest BCUT2D eigenvalue weighted by molar-refractivity contribution is 6.30. The second-order valence-electron chi connectivity index (χ2n) is 14.2. The topological polar surface area (TPSA) is 145 Å². The van der Waals surface area contributed by atoms with Crippen molar-refractivity contribution >= 4 is 34.8 Å². The van der Waals surface area contributed by atoms with Gasteiger partial charge in [-0.2, -0.15) is 0 Å². The van der Waals surface area contributed by atoms with Crippen LogP contribution in [-0.2, 0) is 13.0 Å². The first-order valence-electron chi connectivity index (χ1n) is 19.2. The number of anilines is 2. The standard InChI is InChI=1S/C46H49ClN4O8/c1-28(2)48-17-18-57-39-24-35(23-38(26-39)56-6)51-46(53)44-16-14-42(59-44)40-12-11-33(47)20-32(40)19-29(3)49-27-30-7-9-31(10-8-30)41-13-15-43(58-41)45(52)50-34-21-36(54-4)25-37(22-34)55-5/h7-16,20-26,28-29,48-49H,17-19,27H2,1-6H3,(H,50,52)(H,51,53). The average molecular weight is 821 g/mol. The number of rotatable bonds is 19. The van der Waals surface area contributed by atoms with Crippen LogP contribution in [0, 0.1) is 0 Å². The van der Waals surface area contributed by atoms with Crippen molar-refractivity contribution in [2.75, 3.05) is 45.1 Å². The molecule has 2 aromatic heterocycles. The number of halogens is 1. The first-order chi connectivity index (χ1) is 28.5. The number of methoxy groups -OCH3 is 3. The first-order valence-corrected chi connectivity index (χ1v) is 19.6. The van der Waals surface area contributed by atoms with Gasteiger partial charge in [0.2, 0.25) is 0 Å². The Morgan fingerprint density at radius 1 is 0.644 bits per heavy atom. The summed E-state index contributed by atoms with van der Waals surface area (Å²) < 4.78 is 33.9. The highest BCUT2D eigenvalue weighted by atomic mass is 35.5. The van der Waals surface area contributed by atoms with E-state index in [1.165, 1.54) is 0 Å². The zero-order valence-electron chi connectivity index (χ0n) is 33.9. The molecule has 0 aliphatic heterocycles. The molecule has 0 saturated carbocycles. The maximum atomic E-state index is 13.3. The molecule has 0 bridgehead atoms. The minimum absolute atomic E-state index is 0.0611. The molecular formula is C46H49ClN4O8. The van der Waals surface area contributed by atoms with Crippen molar-refractivity contribution in [3.63, 3.8) is 0 Å². The third kappa shape index (κ3) is 11.7. The molecular weight excluding hydrogens is 772 g/mol. The highest BCUT2D eigenvalue weighted by Crippen LogP contribution is 2.32. The van der Waals surface area contributed by atoms with Crippen LogP contribution in [0.2, 0.25) is 5.02 Å². The van der Waals surface area contributed by atoms with Gasteiger partial charge in [0, 0.05) is 89.1 Å². The fourth-order valence-electron chi connectivity index (χ4n) is 6.30. The summed E-state index contributed by atoms with van der Waals surface area (Å²) in [5.41, 5.74) is 4.76. The van der Waals surface area contributed by atoms with Gasteiger partial charge in [-0.05, 0) is 66.9 Å². The van der Waals surface area contributed by atoms with Gasteiger partial charge in [-0.25, -0.2) is 0 Å². The van der Waals surface area contributed by atoms with Gasteiger partial charge >= 0.3 is 0 Å². The number of ether oxygens (including phenoxy) is 4. The molecule has 1 atom stereocenters. The normalized spacial score (nSPS) is 11.6. The van der Waals surface area contributed by atoms with E-state index in [1.807, 2.05) is 42.5 Å². The van der Waals surface area contributed by atoms with Gasteiger partial charge < -0.3 is 49.0 Å². The number of hydrogen-bond acceptors (Lipinski definition) is 10. The van der Waals surface area contributed by atoms with Crippen molar-refractivity contribution in [1.29, 1.82) is 0 Å². The van der Waals surface area contributed by atoms with Crippen LogP contribution >= 0.6 is 11.6 Å². The van der Waals surface area contributed by atoms with Crippen molar-refractivity contribution < 1.29 is 37.4 Å². The van der Waals surface area contributed by atoms with Crippen molar-refractivity contribution in [3.05, 3.63) is 131 Å². The fraction of sp³-hybridized carbons (Fsp3) is 0.261. The zero-order valence-corrected chi connectivity index (χ0v) is 34.7. The maximum absolute atomic E-state index is 13.3. The summed E-state index contributed by atoms with van der Waals surface area (Å²) >= 11 is 6.46. The summed E-state index contributed by atoms with van der Waals surface area (Å²) in [5.74, 6) is 2.91. The summed E-state index contributed by atoms with van der Waals surface area (Å²) in [6.07, 6.45) is 0.648. The van der Waals surface area contributed by atoms with E-state index < -0.39 is 11.8 Å². The first kappa shape index (κ1) is 42.4. The predicted molar refractivity (Wildman–Crippen MR) is 230 cm³/mol. The van der Waals surface area contributed by atoms with E-state index in [-0.39, 0.29) is 17.6 Å². The molecule has 0 spiro atoms. The van der Waals surface area contributed by atoms with E-state index in [9.17, 15) is 9.59 Å². The van der Waals surface area contributed by atoms with E-state index in [1.54, 1.807) is 82.0 Å².